The Balaban J connectivity index is 1.77. The molecule has 3 nitrogen and oxygen atoms in total. The molecule has 1 saturated heterocycles. The van der Waals surface area contributed by atoms with Crippen molar-refractivity contribution in [2.45, 2.75) is 17.7 Å². The molecule has 0 radical (unpaired) electrons. The van der Waals surface area contributed by atoms with Gasteiger partial charge in [0.15, 0.2) is 0 Å². The second-order valence-electron chi connectivity index (χ2n) is 5.42. The predicted octanol–water partition coefficient (Wildman–Crippen LogP) is 3.64. The maximum absolute atomic E-state index is 12.4. The van der Waals surface area contributed by atoms with Gasteiger partial charge in [-0.15, -0.1) is 0 Å². The third-order valence-electron chi connectivity index (χ3n) is 3.85. The van der Waals surface area contributed by atoms with Crippen LogP contribution in [0.1, 0.15) is 24.0 Å². The molecule has 1 heterocycles. The second kappa shape index (κ2) is 6.46. The molecule has 0 amide bonds. The van der Waals surface area contributed by atoms with Crippen molar-refractivity contribution in [3.63, 3.8) is 0 Å². The third-order valence-corrected chi connectivity index (χ3v) is 5.76. The highest BCUT2D eigenvalue weighted by molar-refractivity contribution is 7.89. The fourth-order valence-electron chi connectivity index (χ4n) is 2.59. The Morgan fingerprint density at radius 2 is 1.32 bits per heavy atom. The summed E-state index contributed by atoms with van der Waals surface area (Å²) in [6.07, 6.45) is 5.92. The summed E-state index contributed by atoms with van der Waals surface area (Å²) in [4.78, 5) is 0.381. The maximum atomic E-state index is 12.4. The molecule has 3 rings (SSSR count). The molecule has 0 atom stereocenters. The summed E-state index contributed by atoms with van der Waals surface area (Å²) in [6.45, 7) is 1.27. The zero-order valence-electron chi connectivity index (χ0n) is 12.4. The smallest absolute Gasteiger partial charge is 0.207 e. The first-order chi connectivity index (χ1) is 10.7. The van der Waals surface area contributed by atoms with Gasteiger partial charge < -0.3 is 0 Å². The van der Waals surface area contributed by atoms with E-state index in [1.807, 2.05) is 54.6 Å². The lowest BCUT2D eigenvalue weighted by Gasteiger charge is -2.15. The molecule has 22 heavy (non-hydrogen) atoms. The number of sulfonamides is 1. The van der Waals surface area contributed by atoms with Gasteiger partial charge in [0, 0.05) is 13.1 Å². The van der Waals surface area contributed by atoms with Crippen molar-refractivity contribution >= 4 is 22.2 Å². The van der Waals surface area contributed by atoms with Crippen molar-refractivity contribution in [2.24, 2.45) is 0 Å². The van der Waals surface area contributed by atoms with Crippen molar-refractivity contribution in [3.8, 4) is 0 Å². The summed E-state index contributed by atoms with van der Waals surface area (Å²) in [5, 5.41) is 0. The molecule has 114 valence electrons. The molecule has 0 spiro atoms. The molecule has 1 fully saturated rings. The van der Waals surface area contributed by atoms with E-state index in [0.717, 1.165) is 24.0 Å². The van der Waals surface area contributed by atoms with E-state index in [9.17, 15) is 8.42 Å². The molecule has 0 saturated carbocycles. The normalized spacial score (nSPS) is 16.4. The Bertz CT molecular complexity index is 743. The number of hydrogen-bond acceptors (Lipinski definition) is 2. The summed E-state index contributed by atoms with van der Waals surface area (Å²) in [5.74, 6) is 0. The lowest BCUT2D eigenvalue weighted by molar-refractivity contribution is 0.477. The van der Waals surface area contributed by atoms with Crippen LogP contribution in [-0.4, -0.2) is 25.8 Å². The standard InChI is InChI=1S/C18H19NO2S/c20-22(21,19-14-4-5-15-19)18-12-10-17(11-13-18)9-8-16-6-2-1-3-7-16/h1-3,6-13H,4-5,14-15H2. The van der Waals surface area contributed by atoms with Gasteiger partial charge in [-0.1, -0.05) is 54.6 Å². The zero-order valence-corrected chi connectivity index (χ0v) is 13.2. The topological polar surface area (TPSA) is 37.4 Å². The molecule has 0 bridgehead atoms. The van der Waals surface area contributed by atoms with Gasteiger partial charge in [0.25, 0.3) is 0 Å². The number of hydrogen-bond donors (Lipinski definition) is 0. The third kappa shape index (κ3) is 3.29. The van der Waals surface area contributed by atoms with Crippen LogP contribution in [0.2, 0.25) is 0 Å². The first-order valence-electron chi connectivity index (χ1n) is 7.50. The van der Waals surface area contributed by atoms with Gasteiger partial charge >= 0.3 is 0 Å². The van der Waals surface area contributed by atoms with E-state index in [1.54, 1.807) is 16.4 Å². The molecule has 0 unspecified atom stereocenters. The first-order valence-corrected chi connectivity index (χ1v) is 8.94. The highest BCUT2D eigenvalue weighted by Gasteiger charge is 2.26. The number of rotatable bonds is 4. The van der Waals surface area contributed by atoms with Crippen molar-refractivity contribution in [1.82, 2.24) is 4.31 Å². The minimum atomic E-state index is -3.31. The molecule has 2 aromatic rings. The summed E-state index contributed by atoms with van der Waals surface area (Å²) >= 11 is 0. The Labute approximate surface area is 132 Å². The first kappa shape index (κ1) is 15.0. The Morgan fingerprint density at radius 3 is 1.91 bits per heavy atom. The van der Waals surface area contributed by atoms with Crippen molar-refractivity contribution in [1.29, 1.82) is 0 Å². The van der Waals surface area contributed by atoms with E-state index in [1.165, 1.54) is 0 Å². The SMILES string of the molecule is O=S(=O)(c1ccc(C=Cc2ccccc2)cc1)N1CCCC1. The van der Waals surface area contributed by atoms with Crippen molar-refractivity contribution < 1.29 is 8.42 Å². The van der Waals surface area contributed by atoms with E-state index in [2.05, 4.69) is 0 Å². The van der Waals surface area contributed by atoms with Gasteiger partial charge in [-0.25, -0.2) is 8.42 Å². The lowest BCUT2D eigenvalue weighted by atomic mass is 10.1. The highest BCUT2D eigenvalue weighted by Crippen LogP contribution is 2.21. The predicted molar refractivity (Wildman–Crippen MR) is 89.8 cm³/mol. The molecule has 2 aromatic carbocycles. The zero-order chi connectivity index (χ0) is 15.4. The molecule has 4 heteroatoms. The van der Waals surface area contributed by atoms with Gasteiger partial charge in [-0.05, 0) is 36.1 Å². The van der Waals surface area contributed by atoms with Crippen LogP contribution in [0, 0.1) is 0 Å². The van der Waals surface area contributed by atoms with Crippen LogP contribution in [0.15, 0.2) is 59.5 Å². The quantitative estimate of drug-likeness (QED) is 0.808. The molecule has 1 aliphatic rings. The Hall–Kier alpha value is -1.91. The average molecular weight is 313 g/mol. The van der Waals surface area contributed by atoms with Gasteiger partial charge in [-0.3, -0.25) is 0 Å². The largest absolute Gasteiger partial charge is 0.243 e. The van der Waals surface area contributed by atoms with Gasteiger partial charge in [0.05, 0.1) is 4.90 Å². The van der Waals surface area contributed by atoms with Crippen LogP contribution in [0.4, 0.5) is 0 Å². The molecule has 0 aromatic heterocycles. The van der Waals surface area contributed by atoms with Crippen LogP contribution in [0.3, 0.4) is 0 Å². The van der Waals surface area contributed by atoms with Gasteiger partial charge in [0.1, 0.15) is 0 Å². The molecular formula is C18H19NO2S. The van der Waals surface area contributed by atoms with E-state index in [-0.39, 0.29) is 0 Å². The molecular weight excluding hydrogens is 294 g/mol. The van der Waals surface area contributed by atoms with E-state index in [0.29, 0.717) is 18.0 Å². The summed E-state index contributed by atoms with van der Waals surface area (Å²) < 4.78 is 26.4. The minimum Gasteiger partial charge on any atom is -0.207 e. The number of benzene rings is 2. The second-order valence-corrected chi connectivity index (χ2v) is 7.36. The molecule has 1 aliphatic heterocycles. The fraction of sp³-hybridized carbons (Fsp3) is 0.222. The van der Waals surface area contributed by atoms with Crippen LogP contribution < -0.4 is 0 Å². The van der Waals surface area contributed by atoms with E-state index >= 15 is 0 Å². The van der Waals surface area contributed by atoms with Gasteiger partial charge in [-0.2, -0.15) is 4.31 Å². The van der Waals surface area contributed by atoms with Crippen molar-refractivity contribution in [2.75, 3.05) is 13.1 Å². The Morgan fingerprint density at radius 1 is 0.773 bits per heavy atom. The van der Waals surface area contributed by atoms with Crippen molar-refractivity contribution in [3.05, 3.63) is 65.7 Å². The monoisotopic (exact) mass is 313 g/mol. The maximum Gasteiger partial charge on any atom is 0.243 e. The van der Waals surface area contributed by atoms with Crippen LogP contribution in [0.5, 0.6) is 0 Å². The minimum absolute atomic E-state index is 0.381. The van der Waals surface area contributed by atoms with E-state index < -0.39 is 10.0 Å². The number of nitrogens with zero attached hydrogens (tertiary/aromatic N) is 1. The summed E-state index contributed by atoms with van der Waals surface area (Å²) in [5.41, 5.74) is 2.11. The molecule has 0 N–H and O–H groups in total. The van der Waals surface area contributed by atoms with Crippen LogP contribution in [0.25, 0.3) is 12.2 Å². The Kier molecular flexibility index (Phi) is 4.41. The van der Waals surface area contributed by atoms with Crippen LogP contribution >= 0.6 is 0 Å². The average Bonchev–Trinajstić information content (AvgIpc) is 3.10. The highest BCUT2D eigenvalue weighted by atomic mass is 32.2. The lowest BCUT2D eigenvalue weighted by Crippen LogP contribution is -2.27. The molecule has 0 aliphatic carbocycles. The summed E-state index contributed by atoms with van der Waals surface area (Å²) in [6, 6.07) is 17.1. The van der Waals surface area contributed by atoms with E-state index in [4.69, 9.17) is 0 Å². The van der Waals surface area contributed by atoms with Crippen LogP contribution in [-0.2, 0) is 10.0 Å². The summed E-state index contributed by atoms with van der Waals surface area (Å²) in [7, 11) is -3.31. The van der Waals surface area contributed by atoms with Gasteiger partial charge in [0.2, 0.25) is 10.0 Å². The fourth-order valence-corrected chi connectivity index (χ4v) is 4.10.